The Morgan fingerprint density at radius 1 is 1.35 bits per heavy atom. The van der Waals surface area contributed by atoms with Gasteiger partial charge in [-0.05, 0) is 33.1 Å². The van der Waals surface area contributed by atoms with Crippen molar-refractivity contribution in [1.82, 2.24) is 14.1 Å². The highest BCUT2D eigenvalue weighted by Gasteiger charge is 2.39. The zero-order valence-corrected chi connectivity index (χ0v) is 12.6. The minimum atomic E-state index is -3.83. The number of carbonyl (C=O) groups is 1. The van der Waals surface area contributed by atoms with E-state index in [1.807, 2.05) is 0 Å². The first-order valence-electron chi connectivity index (χ1n) is 6.51. The summed E-state index contributed by atoms with van der Waals surface area (Å²) >= 11 is 0. The summed E-state index contributed by atoms with van der Waals surface area (Å²) in [6.07, 6.45) is 1.77. The fraction of sp³-hybridized carbons (Fsp3) is 0.667. The predicted octanol–water partition coefficient (Wildman–Crippen LogP) is 0.665. The van der Waals surface area contributed by atoms with Gasteiger partial charge in [0.15, 0.2) is 0 Å². The Morgan fingerprint density at radius 2 is 2.00 bits per heavy atom. The van der Waals surface area contributed by atoms with Crippen molar-refractivity contribution < 1.29 is 18.3 Å². The summed E-state index contributed by atoms with van der Waals surface area (Å²) in [6.45, 7) is 3.54. The standard InChI is InChI=1S/C12H19N3O4S/c1-8-11(9(2)14(3)13-8)20(18,19)15-7-5-4-6-10(15)12(16)17/h10H,4-7H2,1-3H3,(H,16,17)/t10-/m1/s1. The SMILES string of the molecule is Cc1nn(C)c(C)c1S(=O)(=O)N1CCCC[C@@H]1C(=O)O. The Balaban J connectivity index is 2.50. The molecule has 0 aromatic carbocycles. The molecule has 0 amide bonds. The molecular weight excluding hydrogens is 282 g/mol. The average Bonchev–Trinajstić information content (AvgIpc) is 2.63. The number of carboxylic acids is 1. The maximum Gasteiger partial charge on any atom is 0.322 e. The molecule has 1 aromatic heterocycles. The fourth-order valence-corrected chi connectivity index (χ4v) is 4.74. The third-order valence-electron chi connectivity index (χ3n) is 3.75. The molecule has 0 spiro atoms. The van der Waals surface area contributed by atoms with Gasteiger partial charge in [-0.15, -0.1) is 0 Å². The molecule has 20 heavy (non-hydrogen) atoms. The smallest absolute Gasteiger partial charge is 0.322 e. The van der Waals surface area contributed by atoms with Crippen LogP contribution in [0.5, 0.6) is 0 Å². The number of aromatic nitrogens is 2. The summed E-state index contributed by atoms with van der Waals surface area (Å²) in [4.78, 5) is 11.4. The second kappa shape index (κ2) is 5.17. The van der Waals surface area contributed by atoms with Gasteiger partial charge in [-0.25, -0.2) is 8.42 Å². The quantitative estimate of drug-likeness (QED) is 0.885. The zero-order valence-electron chi connectivity index (χ0n) is 11.8. The highest BCUT2D eigenvalue weighted by Crippen LogP contribution is 2.28. The molecule has 1 saturated heterocycles. The molecule has 1 atom stereocenters. The van der Waals surface area contributed by atoms with Crippen LogP contribution >= 0.6 is 0 Å². The maximum atomic E-state index is 12.8. The molecule has 1 aromatic rings. The van der Waals surface area contributed by atoms with Gasteiger partial charge in [0.05, 0.1) is 11.4 Å². The molecule has 7 nitrogen and oxygen atoms in total. The van der Waals surface area contributed by atoms with Gasteiger partial charge in [-0.3, -0.25) is 9.48 Å². The van der Waals surface area contributed by atoms with E-state index in [0.29, 0.717) is 24.2 Å². The number of aryl methyl sites for hydroxylation is 2. The van der Waals surface area contributed by atoms with Crippen molar-refractivity contribution in [2.24, 2.45) is 7.05 Å². The molecule has 1 aliphatic heterocycles. The first-order valence-corrected chi connectivity index (χ1v) is 7.95. The Kier molecular flexibility index (Phi) is 3.88. The number of carboxylic acid groups (broad SMARTS) is 1. The van der Waals surface area contributed by atoms with Gasteiger partial charge in [-0.1, -0.05) is 0 Å². The lowest BCUT2D eigenvalue weighted by Crippen LogP contribution is -2.48. The van der Waals surface area contributed by atoms with Crippen LogP contribution in [0.15, 0.2) is 4.90 Å². The molecule has 0 radical (unpaired) electrons. The molecule has 0 saturated carbocycles. The normalized spacial score (nSPS) is 21.1. The van der Waals surface area contributed by atoms with Crippen LogP contribution in [0.1, 0.15) is 30.7 Å². The summed E-state index contributed by atoms with van der Waals surface area (Å²) in [6, 6.07) is -0.979. The first kappa shape index (κ1) is 15.0. The summed E-state index contributed by atoms with van der Waals surface area (Å²) < 4.78 is 28.1. The molecule has 0 unspecified atom stereocenters. The minimum Gasteiger partial charge on any atom is -0.480 e. The summed E-state index contributed by atoms with van der Waals surface area (Å²) in [5.74, 6) is -1.09. The Labute approximate surface area is 118 Å². The van der Waals surface area contributed by atoms with Gasteiger partial charge in [0.25, 0.3) is 0 Å². The Hall–Kier alpha value is -1.41. The van der Waals surface area contributed by atoms with E-state index in [9.17, 15) is 18.3 Å². The molecule has 1 fully saturated rings. The van der Waals surface area contributed by atoms with Crippen molar-refractivity contribution >= 4 is 16.0 Å². The highest BCUT2D eigenvalue weighted by molar-refractivity contribution is 7.89. The van der Waals surface area contributed by atoms with Gasteiger partial charge in [0.2, 0.25) is 10.0 Å². The number of rotatable bonds is 3. The molecule has 2 heterocycles. The lowest BCUT2D eigenvalue weighted by molar-refractivity contribution is -0.142. The minimum absolute atomic E-state index is 0.133. The second-order valence-electron chi connectivity index (χ2n) is 5.09. The molecule has 1 N–H and O–H groups in total. The van der Waals surface area contributed by atoms with Crippen LogP contribution in [-0.4, -0.2) is 46.2 Å². The first-order chi connectivity index (χ1) is 9.26. The van der Waals surface area contributed by atoms with Crippen LogP contribution in [0.3, 0.4) is 0 Å². The molecule has 1 aliphatic rings. The van der Waals surface area contributed by atoms with E-state index < -0.39 is 22.0 Å². The van der Waals surface area contributed by atoms with Crippen LogP contribution in [0.25, 0.3) is 0 Å². The summed E-state index contributed by atoms with van der Waals surface area (Å²) in [7, 11) is -2.15. The van der Waals surface area contributed by atoms with E-state index in [0.717, 1.165) is 10.7 Å². The van der Waals surface area contributed by atoms with Crippen LogP contribution in [0.2, 0.25) is 0 Å². The highest BCUT2D eigenvalue weighted by atomic mass is 32.2. The lowest BCUT2D eigenvalue weighted by Gasteiger charge is -2.31. The lowest BCUT2D eigenvalue weighted by atomic mass is 10.1. The predicted molar refractivity (Wildman–Crippen MR) is 71.8 cm³/mol. The summed E-state index contributed by atoms with van der Waals surface area (Å²) in [5, 5.41) is 13.3. The van der Waals surface area contributed by atoms with Gasteiger partial charge in [0, 0.05) is 13.6 Å². The average molecular weight is 301 g/mol. The van der Waals surface area contributed by atoms with E-state index in [4.69, 9.17) is 0 Å². The van der Waals surface area contributed by atoms with Crippen LogP contribution in [-0.2, 0) is 21.9 Å². The summed E-state index contributed by atoms with van der Waals surface area (Å²) in [5.41, 5.74) is 0.928. The molecule has 0 bridgehead atoms. The zero-order chi connectivity index (χ0) is 15.1. The molecule has 112 valence electrons. The molecule has 8 heteroatoms. The van der Waals surface area contributed by atoms with Crippen molar-refractivity contribution in [2.45, 2.75) is 44.0 Å². The second-order valence-corrected chi connectivity index (χ2v) is 6.92. The van der Waals surface area contributed by atoms with Crippen LogP contribution < -0.4 is 0 Å². The van der Waals surface area contributed by atoms with Crippen molar-refractivity contribution in [3.05, 3.63) is 11.4 Å². The number of piperidine rings is 1. The van der Waals surface area contributed by atoms with Gasteiger partial charge in [0.1, 0.15) is 10.9 Å². The number of aliphatic carboxylic acids is 1. The van der Waals surface area contributed by atoms with Gasteiger partial charge in [-0.2, -0.15) is 9.40 Å². The number of sulfonamides is 1. The van der Waals surface area contributed by atoms with Crippen LogP contribution in [0.4, 0.5) is 0 Å². The van der Waals surface area contributed by atoms with Crippen molar-refractivity contribution in [3.63, 3.8) is 0 Å². The van der Waals surface area contributed by atoms with E-state index in [-0.39, 0.29) is 11.4 Å². The fourth-order valence-electron chi connectivity index (χ4n) is 2.68. The Morgan fingerprint density at radius 3 is 2.50 bits per heavy atom. The van der Waals surface area contributed by atoms with Crippen molar-refractivity contribution in [2.75, 3.05) is 6.54 Å². The maximum absolute atomic E-state index is 12.8. The third kappa shape index (κ3) is 2.33. The van der Waals surface area contributed by atoms with Crippen molar-refractivity contribution in [1.29, 1.82) is 0 Å². The topological polar surface area (TPSA) is 92.5 Å². The molecule has 0 aliphatic carbocycles. The van der Waals surface area contributed by atoms with Gasteiger partial charge < -0.3 is 5.11 Å². The van der Waals surface area contributed by atoms with E-state index in [1.54, 1.807) is 20.9 Å². The third-order valence-corrected chi connectivity index (χ3v) is 5.91. The molecule has 2 rings (SSSR count). The van der Waals surface area contributed by atoms with E-state index in [1.165, 1.54) is 4.68 Å². The number of hydrogen-bond acceptors (Lipinski definition) is 4. The number of nitrogens with zero attached hydrogens (tertiary/aromatic N) is 3. The monoisotopic (exact) mass is 301 g/mol. The van der Waals surface area contributed by atoms with E-state index in [2.05, 4.69) is 5.10 Å². The number of hydrogen-bond donors (Lipinski definition) is 1. The van der Waals surface area contributed by atoms with E-state index >= 15 is 0 Å². The largest absolute Gasteiger partial charge is 0.480 e. The van der Waals surface area contributed by atoms with Crippen LogP contribution in [0, 0.1) is 13.8 Å². The van der Waals surface area contributed by atoms with Crippen molar-refractivity contribution in [3.8, 4) is 0 Å². The Bertz CT molecular complexity index is 635. The van der Waals surface area contributed by atoms with Gasteiger partial charge >= 0.3 is 5.97 Å². The molecular formula is C12H19N3O4S.